The van der Waals surface area contributed by atoms with Crippen molar-refractivity contribution in [1.29, 1.82) is 0 Å². The summed E-state index contributed by atoms with van der Waals surface area (Å²) in [5.41, 5.74) is 2.67. The van der Waals surface area contributed by atoms with Crippen molar-refractivity contribution in [2.24, 2.45) is 0 Å². The Balaban J connectivity index is 1.97. The first kappa shape index (κ1) is 14.2. The predicted octanol–water partition coefficient (Wildman–Crippen LogP) is 3.38. The third-order valence-electron chi connectivity index (χ3n) is 2.86. The van der Waals surface area contributed by atoms with E-state index in [1.165, 1.54) is 5.56 Å². The van der Waals surface area contributed by atoms with Crippen LogP contribution in [0.5, 0.6) is 0 Å². The van der Waals surface area contributed by atoms with Crippen molar-refractivity contribution in [3.05, 3.63) is 65.7 Å². The molecule has 0 aliphatic carbocycles. The van der Waals surface area contributed by atoms with E-state index in [-0.39, 0.29) is 5.91 Å². The number of aryl methyl sites for hydroxylation is 1. The van der Waals surface area contributed by atoms with Gasteiger partial charge in [0, 0.05) is 11.3 Å². The van der Waals surface area contributed by atoms with Crippen LogP contribution in [0.4, 0.5) is 5.69 Å². The zero-order valence-corrected chi connectivity index (χ0v) is 12.0. The van der Waals surface area contributed by atoms with Gasteiger partial charge in [-0.2, -0.15) is 0 Å². The first-order valence-electron chi connectivity index (χ1n) is 6.45. The summed E-state index contributed by atoms with van der Waals surface area (Å²) in [7, 11) is 0. The van der Waals surface area contributed by atoms with E-state index >= 15 is 0 Å². The summed E-state index contributed by atoms with van der Waals surface area (Å²) >= 11 is 5.15. The van der Waals surface area contributed by atoms with Crippen LogP contribution in [-0.4, -0.2) is 11.0 Å². The SMILES string of the molecule is CCc1cccc(NC(=S)NC(=O)c2ccccc2)c1. The molecule has 2 rings (SSSR count). The monoisotopic (exact) mass is 284 g/mol. The summed E-state index contributed by atoms with van der Waals surface area (Å²) in [6.07, 6.45) is 0.957. The minimum Gasteiger partial charge on any atom is -0.332 e. The van der Waals surface area contributed by atoms with Crippen LogP contribution in [0, 0.1) is 0 Å². The Morgan fingerprint density at radius 2 is 1.85 bits per heavy atom. The van der Waals surface area contributed by atoms with Crippen LogP contribution in [-0.2, 0) is 6.42 Å². The van der Waals surface area contributed by atoms with E-state index in [9.17, 15) is 4.79 Å². The van der Waals surface area contributed by atoms with Gasteiger partial charge >= 0.3 is 0 Å². The molecule has 2 aromatic rings. The largest absolute Gasteiger partial charge is 0.332 e. The number of benzene rings is 2. The zero-order chi connectivity index (χ0) is 14.4. The van der Waals surface area contributed by atoms with Gasteiger partial charge < -0.3 is 5.32 Å². The second kappa shape index (κ2) is 6.82. The third-order valence-corrected chi connectivity index (χ3v) is 3.06. The van der Waals surface area contributed by atoms with Crippen molar-refractivity contribution in [2.75, 3.05) is 5.32 Å². The molecule has 2 aromatic carbocycles. The second-order valence-corrected chi connectivity index (χ2v) is 4.74. The highest BCUT2D eigenvalue weighted by Crippen LogP contribution is 2.11. The average molecular weight is 284 g/mol. The van der Waals surface area contributed by atoms with E-state index in [1.807, 2.05) is 36.4 Å². The summed E-state index contributed by atoms with van der Waals surface area (Å²) in [6.45, 7) is 2.09. The maximum absolute atomic E-state index is 11.9. The lowest BCUT2D eigenvalue weighted by Gasteiger charge is -2.10. The summed E-state index contributed by atoms with van der Waals surface area (Å²) in [5.74, 6) is -0.213. The Kier molecular flexibility index (Phi) is 4.85. The smallest absolute Gasteiger partial charge is 0.257 e. The Morgan fingerprint density at radius 3 is 2.55 bits per heavy atom. The molecule has 0 fully saturated rings. The molecular formula is C16H16N2OS. The summed E-state index contributed by atoms with van der Waals surface area (Å²) in [6, 6.07) is 16.9. The topological polar surface area (TPSA) is 41.1 Å². The molecule has 0 bridgehead atoms. The van der Waals surface area contributed by atoms with Crippen LogP contribution in [0.25, 0.3) is 0 Å². The number of anilines is 1. The molecular weight excluding hydrogens is 268 g/mol. The summed E-state index contributed by atoms with van der Waals surface area (Å²) < 4.78 is 0. The summed E-state index contributed by atoms with van der Waals surface area (Å²) in [5, 5.41) is 5.98. The fourth-order valence-electron chi connectivity index (χ4n) is 1.80. The molecule has 0 aliphatic rings. The number of rotatable bonds is 3. The highest BCUT2D eigenvalue weighted by atomic mass is 32.1. The lowest BCUT2D eigenvalue weighted by molar-refractivity contribution is 0.0978. The standard InChI is InChI=1S/C16H16N2OS/c1-2-12-7-6-10-14(11-12)17-16(20)18-15(19)13-8-4-3-5-9-13/h3-11H,2H2,1H3,(H2,17,18,19,20). The molecule has 0 atom stereocenters. The van der Waals surface area contributed by atoms with Crippen LogP contribution in [0.15, 0.2) is 54.6 Å². The number of thiocarbonyl (C=S) groups is 1. The van der Waals surface area contributed by atoms with Gasteiger partial charge in [-0.25, -0.2) is 0 Å². The third kappa shape index (κ3) is 3.90. The maximum Gasteiger partial charge on any atom is 0.257 e. The normalized spacial score (nSPS) is 9.85. The zero-order valence-electron chi connectivity index (χ0n) is 11.2. The number of hydrogen-bond acceptors (Lipinski definition) is 2. The number of carbonyl (C=O) groups excluding carboxylic acids is 1. The van der Waals surface area contributed by atoms with Gasteiger partial charge in [0.2, 0.25) is 0 Å². The van der Waals surface area contributed by atoms with Crippen molar-refractivity contribution in [3.8, 4) is 0 Å². The number of nitrogens with one attached hydrogen (secondary N) is 2. The van der Waals surface area contributed by atoms with Crippen LogP contribution < -0.4 is 10.6 Å². The van der Waals surface area contributed by atoms with Gasteiger partial charge in [-0.1, -0.05) is 37.3 Å². The molecule has 4 heteroatoms. The highest BCUT2D eigenvalue weighted by molar-refractivity contribution is 7.80. The Labute approximate surface area is 124 Å². The molecule has 0 unspecified atom stereocenters. The second-order valence-electron chi connectivity index (χ2n) is 4.33. The molecule has 0 saturated carbocycles. The number of amides is 1. The fourth-order valence-corrected chi connectivity index (χ4v) is 2.01. The summed E-state index contributed by atoms with van der Waals surface area (Å²) in [4.78, 5) is 11.9. The number of carbonyl (C=O) groups is 1. The molecule has 0 saturated heterocycles. The molecule has 0 radical (unpaired) electrons. The predicted molar refractivity (Wildman–Crippen MR) is 85.9 cm³/mol. The van der Waals surface area contributed by atoms with Crippen molar-refractivity contribution in [3.63, 3.8) is 0 Å². The van der Waals surface area contributed by atoms with Gasteiger partial charge in [0.1, 0.15) is 0 Å². The minimum atomic E-state index is -0.213. The van der Waals surface area contributed by atoms with Crippen molar-refractivity contribution >= 4 is 28.9 Å². The van der Waals surface area contributed by atoms with Crippen LogP contribution >= 0.6 is 12.2 Å². The molecule has 3 nitrogen and oxygen atoms in total. The molecule has 2 N–H and O–H groups in total. The molecule has 0 aliphatic heterocycles. The van der Waals surface area contributed by atoms with Gasteiger partial charge in [0.15, 0.2) is 5.11 Å². The van der Waals surface area contributed by atoms with Crippen molar-refractivity contribution < 1.29 is 4.79 Å². The Morgan fingerprint density at radius 1 is 1.10 bits per heavy atom. The molecule has 102 valence electrons. The maximum atomic E-state index is 11.9. The van der Waals surface area contributed by atoms with Crippen LogP contribution in [0.1, 0.15) is 22.8 Å². The molecule has 0 aromatic heterocycles. The van der Waals surface area contributed by atoms with Gasteiger partial charge in [-0.05, 0) is 48.5 Å². The van der Waals surface area contributed by atoms with E-state index in [0.717, 1.165) is 12.1 Å². The first-order valence-corrected chi connectivity index (χ1v) is 6.86. The molecule has 1 amide bonds. The number of hydrogen-bond donors (Lipinski definition) is 2. The molecule has 20 heavy (non-hydrogen) atoms. The van der Waals surface area contributed by atoms with Crippen molar-refractivity contribution in [1.82, 2.24) is 5.32 Å². The van der Waals surface area contributed by atoms with Gasteiger partial charge in [0.25, 0.3) is 5.91 Å². The van der Waals surface area contributed by atoms with Gasteiger partial charge in [0.05, 0.1) is 0 Å². The Bertz CT molecular complexity index is 611. The van der Waals surface area contributed by atoms with Gasteiger partial charge in [-0.15, -0.1) is 0 Å². The van der Waals surface area contributed by atoms with Gasteiger partial charge in [-0.3, -0.25) is 10.1 Å². The minimum absolute atomic E-state index is 0.213. The van der Waals surface area contributed by atoms with E-state index in [2.05, 4.69) is 23.6 Å². The highest BCUT2D eigenvalue weighted by Gasteiger charge is 2.07. The molecule has 0 heterocycles. The van der Waals surface area contributed by atoms with E-state index < -0.39 is 0 Å². The first-order chi connectivity index (χ1) is 9.69. The molecule has 0 spiro atoms. The fraction of sp³-hybridized carbons (Fsp3) is 0.125. The quantitative estimate of drug-likeness (QED) is 0.849. The van der Waals surface area contributed by atoms with Crippen LogP contribution in [0.3, 0.4) is 0 Å². The van der Waals surface area contributed by atoms with E-state index in [0.29, 0.717) is 10.7 Å². The van der Waals surface area contributed by atoms with Crippen LogP contribution in [0.2, 0.25) is 0 Å². The lowest BCUT2D eigenvalue weighted by atomic mass is 10.1. The lowest BCUT2D eigenvalue weighted by Crippen LogP contribution is -2.34. The van der Waals surface area contributed by atoms with Crippen molar-refractivity contribution in [2.45, 2.75) is 13.3 Å². The Hall–Kier alpha value is -2.20. The average Bonchev–Trinajstić information content (AvgIpc) is 2.48. The van der Waals surface area contributed by atoms with E-state index in [4.69, 9.17) is 12.2 Å². The van der Waals surface area contributed by atoms with E-state index in [1.54, 1.807) is 12.1 Å².